The summed E-state index contributed by atoms with van der Waals surface area (Å²) in [6.07, 6.45) is 1.80. The molecular weight excluding hydrogens is 324 g/mol. The smallest absolute Gasteiger partial charge is 0.325 e. The van der Waals surface area contributed by atoms with Gasteiger partial charge in [-0.2, -0.15) is 0 Å². The molecule has 0 aromatic carbocycles. The summed E-state index contributed by atoms with van der Waals surface area (Å²) in [4.78, 5) is 40.1. The molecule has 136 valence electrons. The van der Waals surface area contributed by atoms with E-state index in [0.29, 0.717) is 32.5 Å². The van der Waals surface area contributed by atoms with Crippen LogP contribution in [0.15, 0.2) is 0 Å². The zero-order chi connectivity index (χ0) is 18.2. The second kappa shape index (κ2) is 6.45. The maximum absolute atomic E-state index is 12.6. The summed E-state index contributed by atoms with van der Waals surface area (Å²) in [5.41, 5.74) is -0.880. The molecule has 9 heteroatoms. The Morgan fingerprint density at radius 3 is 2.48 bits per heavy atom. The SMILES string of the molecule is CCc1nnc2n1CCN(C(=O)CN1C(=O)NC(CC)(CC)C1=O)C2. The van der Waals surface area contributed by atoms with Gasteiger partial charge in [0.15, 0.2) is 5.82 Å². The number of nitrogens with zero attached hydrogens (tertiary/aromatic N) is 5. The number of hydrogen-bond acceptors (Lipinski definition) is 5. The van der Waals surface area contributed by atoms with E-state index in [0.717, 1.165) is 23.0 Å². The van der Waals surface area contributed by atoms with Gasteiger partial charge in [0.25, 0.3) is 5.91 Å². The molecule has 1 saturated heterocycles. The zero-order valence-electron chi connectivity index (χ0n) is 14.9. The largest absolute Gasteiger partial charge is 0.332 e. The van der Waals surface area contributed by atoms with Gasteiger partial charge < -0.3 is 14.8 Å². The Balaban J connectivity index is 1.69. The molecule has 0 radical (unpaired) electrons. The molecule has 1 N–H and O–H groups in total. The first-order chi connectivity index (χ1) is 12.0. The van der Waals surface area contributed by atoms with Crippen LogP contribution in [0.5, 0.6) is 0 Å². The second-order valence-corrected chi connectivity index (χ2v) is 6.46. The van der Waals surface area contributed by atoms with Crippen LogP contribution in [0.1, 0.15) is 45.3 Å². The van der Waals surface area contributed by atoms with E-state index >= 15 is 0 Å². The number of nitrogens with one attached hydrogen (secondary N) is 1. The average Bonchev–Trinajstić information content (AvgIpc) is 3.14. The van der Waals surface area contributed by atoms with Crippen LogP contribution in [0.3, 0.4) is 0 Å². The summed E-state index contributed by atoms with van der Waals surface area (Å²) in [7, 11) is 0. The van der Waals surface area contributed by atoms with Crippen LogP contribution in [0, 0.1) is 0 Å². The van der Waals surface area contributed by atoms with E-state index in [9.17, 15) is 14.4 Å². The average molecular weight is 348 g/mol. The summed E-state index contributed by atoms with van der Waals surface area (Å²) in [6, 6.07) is -0.490. The van der Waals surface area contributed by atoms with Gasteiger partial charge in [0, 0.05) is 19.5 Å². The van der Waals surface area contributed by atoms with Crippen molar-refractivity contribution < 1.29 is 14.4 Å². The van der Waals surface area contributed by atoms with E-state index in [-0.39, 0.29) is 18.4 Å². The van der Waals surface area contributed by atoms with E-state index in [1.54, 1.807) is 4.90 Å². The lowest BCUT2D eigenvalue weighted by Crippen LogP contribution is -2.48. The van der Waals surface area contributed by atoms with E-state index in [4.69, 9.17) is 0 Å². The minimum absolute atomic E-state index is 0.235. The quantitative estimate of drug-likeness (QED) is 0.771. The fraction of sp³-hybridized carbons (Fsp3) is 0.688. The fourth-order valence-corrected chi connectivity index (χ4v) is 3.48. The van der Waals surface area contributed by atoms with Crippen LogP contribution < -0.4 is 5.32 Å². The highest BCUT2D eigenvalue weighted by Crippen LogP contribution is 2.25. The first-order valence-corrected chi connectivity index (χ1v) is 8.78. The number of amides is 4. The van der Waals surface area contributed by atoms with Crippen LogP contribution in [-0.2, 0) is 29.1 Å². The van der Waals surface area contributed by atoms with Crippen molar-refractivity contribution in [2.24, 2.45) is 0 Å². The van der Waals surface area contributed by atoms with Gasteiger partial charge in [-0.05, 0) is 12.8 Å². The topological polar surface area (TPSA) is 100 Å². The molecule has 0 aliphatic carbocycles. The monoisotopic (exact) mass is 348 g/mol. The van der Waals surface area contributed by atoms with E-state index in [1.807, 2.05) is 25.3 Å². The minimum Gasteiger partial charge on any atom is -0.332 e. The lowest BCUT2D eigenvalue weighted by molar-refractivity contribution is -0.140. The van der Waals surface area contributed by atoms with Crippen LogP contribution in [0.2, 0.25) is 0 Å². The Bertz CT molecular complexity index is 709. The third-order valence-electron chi connectivity index (χ3n) is 5.25. The number of hydrogen-bond donors (Lipinski definition) is 1. The number of aryl methyl sites for hydroxylation is 1. The van der Waals surface area contributed by atoms with Gasteiger partial charge in [-0.25, -0.2) is 4.79 Å². The van der Waals surface area contributed by atoms with Gasteiger partial charge in [-0.15, -0.1) is 10.2 Å². The maximum Gasteiger partial charge on any atom is 0.325 e. The second-order valence-electron chi connectivity index (χ2n) is 6.46. The van der Waals surface area contributed by atoms with Crippen LogP contribution in [-0.4, -0.2) is 61.0 Å². The molecule has 3 rings (SSSR count). The van der Waals surface area contributed by atoms with E-state index in [1.165, 1.54) is 0 Å². The molecule has 9 nitrogen and oxygen atoms in total. The fourth-order valence-electron chi connectivity index (χ4n) is 3.48. The number of carbonyl (C=O) groups is 3. The van der Waals surface area contributed by atoms with E-state index in [2.05, 4.69) is 15.5 Å². The molecule has 0 bridgehead atoms. The molecule has 2 aliphatic heterocycles. The Morgan fingerprint density at radius 1 is 1.16 bits per heavy atom. The number of carbonyl (C=O) groups excluding carboxylic acids is 3. The number of rotatable bonds is 5. The summed E-state index contributed by atoms with van der Waals surface area (Å²) in [5.74, 6) is 1.08. The predicted octanol–water partition coefficient (Wildman–Crippen LogP) is 0.293. The lowest BCUT2D eigenvalue weighted by Gasteiger charge is -2.29. The molecule has 2 aliphatic rings. The van der Waals surface area contributed by atoms with Gasteiger partial charge in [0.1, 0.15) is 17.9 Å². The minimum atomic E-state index is -0.880. The third-order valence-corrected chi connectivity index (χ3v) is 5.25. The van der Waals surface area contributed by atoms with Crippen LogP contribution in [0.4, 0.5) is 4.79 Å². The first kappa shape index (κ1) is 17.4. The maximum atomic E-state index is 12.6. The zero-order valence-corrected chi connectivity index (χ0v) is 14.9. The van der Waals surface area contributed by atoms with Crippen molar-refractivity contribution >= 4 is 17.8 Å². The summed E-state index contributed by atoms with van der Waals surface area (Å²) >= 11 is 0. The number of fused-ring (bicyclic) bond motifs is 1. The Hall–Kier alpha value is -2.45. The van der Waals surface area contributed by atoms with Crippen molar-refractivity contribution in [3.8, 4) is 0 Å². The number of aromatic nitrogens is 3. The summed E-state index contributed by atoms with van der Waals surface area (Å²) < 4.78 is 2.02. The highest BCUT2D eigenvalue weighted by molar-refractivity contribution is 6.08. The molecule has 4 amide bonds. The standard InChI is InChI=1S/C16H24N6O3/c1-4-11-18-19-12-9-20(7-8-21(11)12)13(23)10-22-14(24)16(5-2,6-3)17-15(22)25/h4-10H2,1-3H3,(H,17,25). The molecule has 1 aromatic heterocycles. The molecule has 25 heavy (non-hydrogen) atoms. The predicted molar refractivity (Wildman–Crippen MR) is 88.4 cm³/mol. The molecule has 0 unspecified atom stereocenters. The van der Waals surface area contributed by atoms with Crippen molar-refractivity contribution in [2.45, 2.75) is 58.7 Å². The Morgan fingerprint density at radius 2 is 1.88 bits per heavy atom. The normalized spacial score (nSPS) is 19.2. The number of urea groups is 1. The summed E-state index contributed by atoms with van der Waals surface area (Å²) in [5, 5.41) is 11.0. The third kappa shape index (κ3) is 2.77. The Kier molecular flexibility index (Phi) is 4.49. The molecule has 0 atom stereocenters. The lowest BCUT2D eigenvalue weighted by atomic mass is 9.93. The van der Waals surface area contributed by atoms with Crippen molar-refractivity contribution in [1.29, 1.82) is 0 Å². The van der Waals surface area contributed by atoms with E-state index < -0.39 is 11.6 Å². The summed E-state index contributed by atoms with van der Waals surface area (Å²) in [6.45, 7) is 6.99. The van der Waals surface area contributed by atoms with Crippen molar-refractivity contribution in [3.63, 3.8) is 0 Å². The van der Waals surface area contributed by atoms with Gasteiger partial charge in [-0.3, -0.25) is 14.5 Å². The van der Waals surface area contributed by atoms with Crippen molar-refractivity contribution in [1.82, 2.24) is 29.9 Å². The van der Waals surface area contributed by atoms with Crippen LogP contribution in [0.25, 0.3) is 0 Å². The molecule has 1 fully saturated rings. The highest BCUT2D eigenvalue weighted by Gasteiger charge is 2.49. The molecule has 0 saturated carbocycles. The van der Waals surface area contributed by atoms with Gasteiger partial charge in [0.2, 0.25) is 5.91 Å². The molecule has 3 heterocycles. The Labute approximate surface area is 146 Å². The van der Waals surface area contributed by atoms with Gasteiger partial charge >= 0.3 is 6.03 Å². The van der Waals surface area contributed by atoms with Gasteiger partial charge in [0.05, 0.1) is 6.54 Å². The van der Waals surface area contributed by atoms with Gasteiger partial charge in [-0.1, -0.05) is 20.8 Å². The molecule has 1 aromatic rings. The van der Waals surface area contributed by atoms with Crippen molar-refractivity contribution in [3.05, 3.63) is 11.6 Å². The molecular formula is C16H24N6O3. The molecule has 0 spiro atoms. The van der Waals surface area contributed by atoms with Crippen LogP contribution >= 0.6 is 0 Å². The highest BCUT2D eigenvalue weighted by atomic mass is 16.2. The van der Waals surface area contributed by atoms with Crippen molar-refractivity contribution in [2.75, 3.05) is 13.1 Å². The number of imide groups is 1. The first-order valence-electron chi connectivity index (χ1n) is 8.78.